The van der Waals surface area contributed by atoms with E-state index in [0.29, 0.717) is 30.1 Å². The maximum absolute atomic E-state index is 12.3. The van der Waals surface area contributed by atoms with Crippen molar-refractivity contribution in [2.24, 2.45) is 0 Å². The summed E-state index contributed by atoms with van der Waals surface area (Å²) in [7, 11) is -2.11. The lowest BCUT2D eigenvalue weighted by molar-refractivity contribution is 0.111. The molecule has 118 valence electrons. The molecule has 1 aliphatic rings. The molecule has 0 radical (unpaired) electrons. The summed E-state index contributed by atoms with van der Waals surface area (Å²) in [5.41, 5.74) is 0. The molecular weight excluding hydrogens is 312 g/mol. The highest BCUT2D eigenvalue weighted by Crippen LogP contribution is 2.23. The molecule has 1 N–H and O–H groups in total. The van der Waals surface area contributed by atoms with Crippen LogP contribution in [0.1, 0.15) is 24.6 Å². The number of carbonyl (C=O) groups is 1. The minimum atomic E-state index is -3.46. The molecule has 0 saturated carbocycles. The van der Waals surface area contributed by atoms with Gasteiger partial charge in [0, 0.05) is 24.0 Å². The molecule has 2 heterocycles. The smallest absolute Gasteiger partial charge is 0.409 e. The number of hydrogen-bond acceptors (Lipinski definition) is 5. The van der Waals surface area contributed by atoms with Gasteiger partial charge in [-0.2, -0.15) is 0 Å². The van der Waals surface area contributed by atoms with Crippen LogP contribution in [0.4, 0.5) is 4.79 Å². The zero-order valence-corrected chi connectivity index (χ0v) is 13.8. The average molecular weight is 332 g/mol. The fourth-order valence-corrected chi connectivity index (χ4v) is 4.90. The third-order valence-electron chi connectivity index (χ3n) is 3.50. The molecule has 1 aromatic heterocycles. The van der Waals surface area contributed by atoms with E-state index >= 15 is 0 Å². The van der Waals surface area contributed by atoms with Crippen molar-refractivity contribution in [2.75, 3.05) is 20.2 Å². The second kappa shape index (κ2) is 6.76. The Morgan fingerprint density at radius 2 is 2.10 bits per heavy atom. The number of methoxy groups -OCH3 is 1. The molecule has 1 fully saturated rings. The van der Waals surface area contributed by atoms with Gasteiger partial charge in [-0.25, -0.2) is 17.9 Å². The number of ether oxygens (including phenoxy) is 1. The van der Waals surface area contributed by atoms with Gasteiger partial charge < -0.3 is 9.64 Å². The van der Waals surface area contributed by atoms with Gasteiger partial charge in [0.15, 0.2) is 0 Å². The quantitative estimate of drug-likeness (QED) is 0.912. The van der Waals surface area contributed by atoms with Crippen molar-refractivity contribution in [3.63, 3.8) is 0 Å². The Morgan fingerprint density at radius 1 is 1.43 bits per heavy atom. The normalized spacial score (nSPS) is 17.0. The van der Waals surface area contributed by atoms with Crippen LogP contribution in [0.3, 0.4) is 0 Å². The van der Waals surface area contributed by atoms with Crippen molar-refractivity contribution in [3.8, 4) is 0 Å². The molecule has 2 rings (SSSR count). The van der Waals surface area contributed by atoms with Crippen molar-refractivity contribution in [3.05, 3.63) is 17.0 Å². The summed E-state index contributed by atoms with van der Waals surface area (Å²) in [5.74, 6) is 0. The molecule has 0 aromatic carbocycles. The minimum Gasteiger partial charge on any atom is -0.453 e. The number of sulfonamides is 1. The van der Waals surface area contributed by atoms with Crippen LogP contribution in [0.15, 0.2) is 16.3 Å². The Labute approximate surface area is 129 Å². The summed E-state index contributed by atoms with van der Waals surface area (Å²) >= 11 is 1.30. The van der Waals surface area contributed by atoms with Crippen LogP contribution in [0, 0.1) is 0 Å². The molecule has 0 atom stereocenters. The Morgan fingerprint density at radius 3 is 2.62 bits per heavy atom. The Balaban J connectivity index is 1.94. The molecule has 21 heavy (non-hydrogen) atoms. The highest BCUT2D eigenvalue weighted by atomic mass is 32.2. The number of nitrogens with zero attached hydrogens (tertiary/aromatic N) is 1. The standard InChI is InChI=1S/C13H20N2O4S2/c1-3-11-4-5-12(20-11)21(17,18)14-10-6-8-15(9-7-10)13(16)19-2/h4-5,10,14H,3,6-9H2,1-2H3. The predicted molar refractivity (Wildman–Crippen MR) is 81.0 cm³/mol. The molecule has 0 unspecified atom stereocenters. The van der Waals surface area contributed by atoms with E-state index in [1.54, 1.807) is 11.0 Å². The van der Waals surface area contributed by atoms with Gasteiger partial charge in [-0.1, -0.05) is 6.92 Å². The second-order valence-corrected chi connectivity index (χ2v) is 8.04. The second-order valence-electron chi connectivity index (χ2n) is 4.93. The number of piperidine rings is 1. The van der Waals surface area contributed by atoms with Gasteiger partial charge in [0.25, 0.3) is 0 Å². The van der Waals surface area contributed by atoms with Crippen LogP contribution >= 0.6 is 11.3 Å². The average Bonchev–Trinajstić information content (AvgIpc) is 2.96. The molecular formula is C13H20N2O4S2. The maximum Gasteiger partial charge on any atom is 0.409 e. The summed E-state index contributed by atoms with van der Waals surface area (Å²) in [6, 6.07) is 3.36. The topological polar surface area (TPSA) is 75.7 Å². The zero-order chi connectivity index (χ0) is 15.5. The Kier molecular flexibility index (Phi) is 5.23. The van der Waals surface area contributed by atoms with Crippen LogP contribution in [-0.2, 0) is 21.2 Å². The lowest BCUT2D eigenvalue weighted by atomic mass is 10.1. The van der Waals surface area contributed by atoms with Gasteiger partial charge in [-0.05, 0) is 31.4 Å². The Bertz CT molecular complexity index is 589. The molecule has 0 spiro atoms. The SMILES string of the molecule is CCc1ccc(S(=O)(=O)NC2CCN(C(=O)OC)CC2)s1. The maximum atomic E-state index is 12.3. The van der Waals surface area contributed by atoms with Gasteiger partial charge in [0.2, 0.25) is 10.0 Å². The molecule has 6 nitrogen and oxygen atoms in total. The van der Waals surface area contributed by atoms with Gasteiger partial charge >= 0.3 is 6.09 Å². The van der Waals surface area contributed by atoms with Crippen molar-refractivity contribution in [2.45, 2.75) is 36.4 Å². The van der Waals surface area contributed by atoms with Crippen molar-refractivity contribution in [1.29, 1.82) is 0 Å². The highest BCUT2D eigenvalue weighted by Gasteiger charge is 2.27. The van der Waals surface area contributed by atoms with Crippen molar-refractivity contribution in [1.82, 2.24) is 9.62 Å². The molecule has 1 aliphatic heterocycles. The lowest BCUT2D eigenvalue weighted by Crippen LogP contribution is -2.46. The summed E-state index contributed by atoms with van der Waals surface area (Å²) < 4.78 is 32.3. The largest absolute Gasteiger partial charge is 0.453 e. The fourth-order valence-electron chi connectivity index (χ4n) is 2.28. The number of nitrogens with one attached hydrogen (secondary N) is 1. The van der Waals surface area contributed by atoms with Crippen molar-refractivity contribution >= 4 is 27.5 Å². The number of amides is 1. The van der Waals surface area contributed by atoms with E-state index in [1.165, 1.54) is 18.4 Å². The van der Waals surface area contributed by atoms with E-state index in [9.17, 15) is 13.2 Å². The van der Waals surface area contributed by atoms with Gasteiger partial charge in [0.05, 0.1) is 7.11 Å². The van der Waals surface area contributed by atoms with E-state index < -0.39 is 10.0 Å². The van der Waals surface area contributed by atoms with Gasteiger partial charge in [0.1, 0.15) is 4.21 Å². The number of thiophene rings is 1. The first-order valence-corrected chi connectivity index (χ1v) is 9.20. The summed E-state index contributed by atoms with van der Waals surface area (Å²) in [6.07, 6.45) is 1.67. The van der Waals surface area contributed by atoms with E-state index in [-0.39, 0.29) is 12.1 Å². The number of carbonyl (C=O) groups excluding carboxylic acids is 1. The summed E-state index contributed by atoms with van der Waals surface area (Å²) in [6.45, 7) is 3.01. The summed E-state index contributed by atoms with van der Waals surface area (Å²) in [5, 5.41) is 0. The highest BCUT2D eigenvalue weighted by molar-refractivity contribution is 7.91. The van der Waals surface area contributed by atoms with Crippen molar-refractivity contribution < 1.29 is 17.9 Å². The predicted octanol–water partition coefficient (Wildman–Crippen LogP) is 1.82. The van der Waals surface area contributed by atoms with Crippen LogP contribution in [-0.4, -0.2) is 45.7 Å². The third kappa shape index (κ3) is 3.96. The number of likely N-dealkylation sites (tertiary alicyclic amines) is 1. The molecule has 1 amide bonds. The van der Waals surface area contributed by atoms with E-state index in [4.69, 9.17) is 0 Å². The summed E-state index contributed by atoms with van der Waals surface area (Å²) in [4.78, 5) is 14.0. The number of aryl methyl sites for hydroxylation is 1. The van der Waals surface area contributed by atoms with Crippen LogP contribution in [0.25, 0.3) is 0 Å². The molecule has 0 aliphatic carbocycles. The van der Waals surface area contributed by atoms with Crippen LogP contribution < -0.4 is 4.72 Å². The lowest BCUT2D eigenvalue weighted by Gasteiger charge is -2.30. The molecule has 0 bridgehead atoms. The zero-order valence-electron chi connectivity index (χ0n) is 12.2. The first-order valence-electron chi connectivity index (χ1n) is 6.90. The number of hydrogen-bond donors (Lipinski definition) is 1. The fraction of sp³-hybridized carbons (Fsp3) is 0.615. The molecule has 1 aromatic rings. The minimum absolute atomic E-state index is 0.136. The van der Waals surface area contributed by atoms with Crippen LogP contribution in [0.5, 0.6) is 0 Å². The number of rotatable bonds is 4. The third-order valence-corrected chi connectivity index (χ3v) is 6.74. The molecule has 1 saturated heterocycles. The van der Waals surface area contributed by atoms with E-state index in [1.807, 2.05) is 13.0 Å². The first kappa shape index (κ1) is 16.3. The van der Waals surface area contributed by atoms with Crippen LogP contribution in [0.2, 0.25) is 0 Å². The Hall–Kier alpha value is -1.12. The first-order chi connectivity index (χ1) is 9.96. The molecule has 8 heteroatoms. The monoisotopic (exact) mass is 332 g/mol. The van der Waals surface area contributed by atoms with Gasteiger partial charge in [-0.3, -0.25) is 0 Å². The van der Waals surface area contributed by atoms with Gasteiger partial charge in [-0.15, -0.1) is 11.3 Å². The van der Waals surface area contributed by atoms with E-state index in [0.717, 1.165) is 11.3 Å². The van der Waals surface area contributed by atoms with E-state index in [2.05, 4.69) is 9.46 Å².